The Morgan fingerprint density at radius 1 is 0.829 bits per heavy atom. The molecule has 6 nitrogen and oxygen atoms in total. The predicted octanol–water partition coefficient (Wildman–Crippen LogP) is 7.99. The molecule has 4 aromatic carbocycles. The predicted molar refractivity (Wildman–Crippen MR) is 148 cm³/mol. The maximum atomic E-state index is 13.5. The number of carboxylic acid groups (broad SMARTS) is 1. The summed E-state index contributed by atoms with van der Waals surface area (Å²) in [5.41, 5.74) is 2.16. The highest BCUT2D eigenvalue weighted by molar-refractivity contribution is 7.90. The van der Waals surface area contributed by atoms with Crippen LogP contribution in [0.15, 0.2) is 83.8 Å². The Morgan fingerprint density at radius 2 is 1.49 bits per heavy atom. The number of hydrogen-bond acceptors (Lipinski definition) is 5. The molecule has 0 heterocycles. The molecule has 10 heteroatoms. The molecular weight excluding hydrogens is 557 g/mol. The summed E-state index contributed by atoms with van der Waals surface area (Å²) in [5, 5.41) is 8.94. The second-order valence-corrected chi connectivity index (χ2v) is 11.7. The molecule has 214 valence electrons. The van der Waals surface area contributed by atoms with Crippen LogP contribution in [0.2, 0.25) is 0 Å². The number of sulfone groups is 1. The summed E-state index contributed by atoms with van der Waals surface area (Å²) < 4.78 is 76.4. The molecule has 0 unspecified atom stereocenters. The van der Waals surface area contributed by atoms with Crippen LogP contribution in [0.3, 0.4) is 0 Å². The Kier molecular flexibility index (Phi) is 8.44. The minimum absolute atomic E-state index is 0.0212. The second kappa shape index (κ2) is 11.7. The van der Waals surface area contributed by atoms with Gasteiger partial charge in [-0.05, 0) is 97.1 Å². The summed E-state index contributed by atoms with van der Waals surface area (Å²) in [4.78, 5) is 10.9. The first-order valence-corrected chi connectivity index (χ1v) is 14.4. The fourth-order valence-corrected chi connectivity index (χ4v) is 4.88. The van der Waals surface area contributed by atoms with Crippen molar-refractivity contribution < 1.29 is 41.0 Å². The van der Waals surface area contributed by atoms with Gasteiger partial charge in [-0.1, -0.05) is 18.2 Å². The van der Waals surface area contributed by atoms with Crippen molar-refractivity contribution in [3.05, 3.63) is 101 Å². The Labute approximate surface area is 235 Å². The van der Waals surface area contributed by atoms with Gasteiger partial charge < -0.3 is 14.6 Å². The van der Waals surface area contributed by atoms with E-state index in [0.29, 0.717) is 29.2 Å². The van der Waals surface area contributed by atoms with E-state index in [1.165, 1.54) is 30.3 Å². The number of hydrogen-bond donors (Lipinski definition) is 1. The number of aryl methyl sites for hydroxylation is 3. The Hall–Kier alpha value is -4.31. The number of benzene rings is 4. The topological polar surface area (TPSA) is 89.9 Å². The summed E-state index contributed by atoms with van der Waals surface area (Å²) >= 11 is 0. The summed E-state index contributed by atoms with van der Waals surface area (Å²) in [7, 11) is -3.49. The van der Waals surface area contributed by atoms with Crippen LogP contribution in [0.1, 0.15) is 28.7 Å². The summed E-state index contributed by atoms with van der Waals surface area (Å²) in [6.45, 7) is 3.68. The van der Waals surface area contributed by atoms with E-state index in [2.05, 4.69) is 0 Å². The molecule has 0 aromatic heterocycles. The van der Waals surface area contributed by atoms with Crippen LogP contribution in [-0.4, -0.2) is 25.7 Å². The van der Waals surface area contributed by atoms with E-state index in [1.54, 1.807) is 30.3 Å². The van der Waals surface area contributed by atoms with Crippen molar-refractivity contribution in [3.8, 4) is 34.1 Å². The largest absolute Gasteiger partial charge is 0.481 e. The van der Waals surface area contributed by atoms with E-state index in [9.17, 15) is 26.4 Å². The molecule has 0 spiro atoms. The number of carboxylic acids is 1. The molecule has 0 saturated carbocycles. The summed E-state index contributed by atoms with van der Waals surface area (Å²) in [6, 6.07) is 19.1. The van der Waals surface area contributed by atoms with Crippen LogP contribution in [0, 0.1) is 13.8 Å². The average molecular weight is 585 g/mol. The molecule has 0 saturated heterocycles. The van der Waals surface area contributed by atoms with Gasteiger partial charge in [0, 0.05) is 24.3 Å². The number of alkyl halides is 3. The number of halogens is 3. The lowest BCUT2D eigenvalue weighted by Crippen LogP contribution is -2.05. The molecule has 0 fully saturated rings. The zero-order valence-corrected chi connectivity index (χ0v) is 23.3. The van der Waals surface area contributed by atoms with Gasteiger partial charge in [-0.3, -0.25) is 4.79 Å². The third kappa shape index (κ3) is 7.67. The maximum Gasteiger partial charge on any atom is 0.416 e. The molecule has 0 radical (unpaired) electrons. The average Bonchev–Trinajstić information content (AvgIpc) is 2.87. The van der Waals surface area contributed by atoms with E-state index in [1.807, 2.05) is 19.9 Å². The van der Waals surface area contributed by atoms with Crippen molar-refractivity contribution in [3.63, 3.8) is 0 Å². The smallest absolute Gasteiger partial charge is 0.416 e. The van der Waals surface area contributed by atoms with Gasteiger partial charge in [-0.25, -0.2) is 8.42 Å². The number of aliphatic carboxylic acids is 1. The number of rotatable bonds is 9. The normalized spacial score (nSPS) is 11.8. The molecule has 0 bridgehead atoms. The lowest BCUT2D eigenvalue weighted by Gasteiger charge is -2.16. The minimum Gasteiger partial charge on any atom is -0.481 e. The lowest BCUT2D eigenvalue weighted by atomic mass is 10.0. The number of ether oxygens (including phenoxy) is 2. The maximum absolute atomic E-state index is 13.5. The van der Waals surface area contributed by atoms with Gasteiger partial charge in [0.2, 0.25) is 0 Å². The van der Waals surface area contributed by atoms with Crippen LogP contribution < -0.4 is 9.47 Å². The zero-order chi connectivity index (χ0) is 29.9. The first kappa shape index (κ1) is 29.7. The molecule has 4 rings (SSSR count). The highest BCUT2D eigenvalue weighted by Crippen LogP contribution is 2.40. The molecule has 1 N–H and O–H groups in total. The van der Waals surface area contributed by atoms with Crippen molar-refractivity contribution >= 4 is 15.8 Å². The molecule has 0 aliphatic carbocycles. The Morgan fingerprint density at radius 3 is 2.07 bits per heavy atom. The third-order valence-electron chi connectivity index (χ3n) is 6.31. The fraction of sp³-hybridized carbons (Fsp3) is 0.194. The van der Waals surface area contributed by atoms with Gasteiger partial charge >= 0.3 is 12.1 Å². The standard InChI is InChI=1S/C31H27F3O6S/c1-19-14-25(39-24-9-4-21(20(2)16-24)7-13-30(35)36)18-26(15-19)40-29-12-8-23(31(32,33)34)17-28(29)22-5-10-27(11-6-22)41(3,37)38/h4-6,8-12,14-18H,7,13H2,1-3H3,(H,35,36). The van der Waals surface area contributed by atoms with Crippen molar-refractivity contribution in [1.82, 2.24) is 0 Å². The minimum atomic E-state index is -4.59. The van der Waals surface area contributed by atoms with Crippen LogP contribution in [-0.2, 0) is 27.2 Å². The molecule has 0 aliphatic heterocycles. The third-order valence-corrected chi connectivity index (χ3v) is 7.44. The monoisotopic (exact) mass is 584 g/mol. The van der Waals surface area contributed by atoms with Crippen LogP contribution >= 0.6 is 0 Å². The first-order chi connectivity index (χ1) is 19.2. The van der Waals surface area contributed by atoms with Gasteiger partial charge in [0.05, 0.1) is 10.5 Å². The molecule has 0 atom stereocenters. The van der Waals surface area contributed by atoms with Crippen molar-refractivity contribution in [2.45, 2.75) is 37.8 Å². The van der Waals surface area contributed by atoms with E-state index in [4.69, 9.17) is 14.6 Å². The molecule has 0 amide bonds. The molecule has 0 aliphatic rings. The van der Waals surface area contributed by atoms with Crippen molar-refractivity contribution in [2.24, 2.45) is 0 Å². The zero-order valence-electron chi connectivity index (χ0n) is 22.5. The van der Waals surface area contributed by atoms with Gasteiger partial charge in [-0.15, -0.1) is 0 Å². The molecular formula is C31H27F3O6S. The second-order valence-electron chi connectivity index (χ2n) is 9.67. The molecule has 41 heavy (non-hydrogen) atoms. The van der Waals surface area contributed by atoms with Crippen LogP contribution in [0.25, 0.3) is 11.1 Å². The van der Waals surface area contributed by atoms with E-state index in [0.717, 1.165) is 35.1 Å². The Bertz CT molecular complexity index is 1690. The first-order valence-electron chi connectivity index (χ1n) is 12.5. The Balaban J connectivity index is 1.65. The number of carbonyl (C=O) groups is 1. The van der Waals surface area contributed by atoms with Gasteiger partial charge in [-0.2, -0.15) is 13.2 Å². The van der Waals surface area contributed by atoms with Crippen molar-refractivity contribution in [2.75, 3.05) is 6.26 Å². The molecule has 4 aromatic rings. The van der Waals surface area contributed by atoms with E-state index in [-0.39, 0.29) is 22.6 Å². The quantitative estimate of drug-likeness (QED) is 0.214. The van der Waals surface area contributed by atoms with Gasteiger partial charge in [0.15, 0.2) is 9.84 Å². The summed E-state index contributed by atoms with van der Waals surface area (Å²) in [6.07, 6.45) is -3.12. The fourth-order valence-electron chi connectivity index (χ4n) is 4.25. The lowest BCUT2D eigenvalue weighted by molar-refractivity contribution is -0.138. The van der Waals surface area contributed by atoms with Crippen LogP contribution in [0.4, 0.5) is 13.2 Å². The van der Waals surface area contributed by atoms with Crippen molar-refractivity contribution in [1.29, 1.82) is 0 Å². The highest BCUT2D eigenvalue weighted by atomic mass is 32.2. The van der Waals surface area contributed by atoms with Gasteiger partial charge in [0.25, 0.3) is 0 Å². The van der Waals surface area contributed by atoms with E-state index < -0.39 is 27.5 Å². The van der Waals surface area contributed by atoms with Crippen LogP contribution in [0.5, 0.6) is 23.0 Å². The van der Waals surface area contributed by atoms with E-state index >= 15 is 0 Å². The SMILES string of the molecule is Cc1cc(Oc2ccc(CCC(=O)O)c(C)c2)cc(Oc2ccc(C(F)(F)F)cc2-c2ccc(S(C)(=O)=O)cc2)c1. The van der Waals surface area contributed by atoms with Gasteiger partial charge in [0.1, 0.15) is 23.0 Å². The highest BCUT2D eigenvalue weighted by Gasteiger charge is 2.31. The summed E-state index contributed by atoms with van der Waals surface area (Å²) in [5.74, 6) is 0.547.